The summed E-state index contributed by atoms with van der Waals surface area (Å²) in [6.07, 6.45) is 1.20. The van der Waals surface area contributed by atoms with Crippen LogP contribution in [-0.2, 0) is 13.2 Å². The summed E-state index contributed by atoms with van der Waals surface area (Å²) in [5, 5.41) is 22.9. The van der Waals surface area contributed by atoms with Crippen LogP contribution >= 0.6 is 0 Å². The average molecular weight is 290 g/mol. The SMILES string of the molecule is COc1ncnc(NCc2ccc(CO)cc2)c1[N+](=O)[O-]. The number of aliphatic hydroxyl groups is 1. The molecule has 2 aromatic rings. The summed E-state index contributed by atoms with van der Waals surface area (Å²) >= 11 is 0. The molecule has 0 saturated heterocycles. The Hall–Kier alpha value is -2.74. The lowest BCUT2D eigenvalue weighted by molar-refractivity contribution is -0.385. The summed E-state index contributed by atoms with van der Waals surface area (Å²) in [5.41, 5.74) is 1.40. The van der Waals surface area contributed by atoms with Crippen molar-refractivity contribution in [2.45, 2.75) is 13.2 Å². The second kappa shape index (κ2) is 6.62. The molecule has 0 bridgehead atoms. The van der Waals surface area contributed by atoms with Crippen molar-refractivity contribution in [1.29, 1.82) is 0 Å². The van der Waals surface area contributed by atoms with E-state index < -0.39 is 4.92 Å². The van der Waals surface area contributed by atoms with E-state index in [-0.39, 0.29) is 24.0 Å². The van der Waals surface area contributed by atoms with E-state index in [0.717, 1.165) is 11.1 Å². The molecule has 0 unspecified atom stereocenters. The monoisotopic (exact) mass is 290 g/mol. The van der Waals surface area contributed by atoms with Crippen LogP contribution in [0.25, 0.3) is 0 Å². The van der Waals surface area contributed by atoms with Crippen molar-refractivity contribution < 1.29 is 14.8 Å². The topological polar surface area (TPSA) is 110 Å². The van der Waals surface area contributed by atoms with E-state index in [2.05, 4.69) is 15.3 Å². The third-order valence-corrected chi connectivity index (χ3v) is 2.83. The number of aliphatic hydroxyl groups excluding tert-OH is 1. The van der Waals surface area contributed by atoms with Crippen molar-refractivity contribution in [3.05, 3.63) is 51.8 Å². The van der Waals surface area contributed by atoms with Gasteiger partial charge in [0, 0.05) is 6.54 Å². The van der Waals surface area contributed by atoms with Crippen LogP contribution < -0.4 is 10.1 Å². The molecule has 0 aliphatic heterocycles. The van der Waals surface area contributed by atoms with E-state index in [1.54, 1.807) is 12.1 Å². The minimum absolute atomic E-state index is 0.0255. The number of methoxy groups -OCH3 is 1. The molecule has 0 aliphatic carbocycles. The fourth-order valence-electron chi connectivity index (χ4n) is 1.75. The zero-order chi connectivity index (χ0) is 15.2. The Balaban J connectivity index is 2.17. The third kappa shape index (κ3) is 3.42. The van der Waals surface area contributed by atoms with E-state index in [1.165, 1.54) is 13.4 Å². The largest absolute Gasteiger partial charge is 0.476 e. The Morgan fingerprint density at radius 1 is 1.29 bits per heavy atom. The van der Waals surface area contributed by atoms with Gasteiger partial charge in [0.15, 0.2) is 0 Å². The highest BCUT2D eigenvalue weighted by Crippen LogP contribution is 2.30. The molecule has 21 heavy (non-hydrogen) atoms. The van der Waals surface area contributed by atoms with Gasteiger partial charge in [0.05, 0.1) is 18.6 Å². The third-order valence-electron chi connectivity index (χ3n) is 2.83. The second-order valence-electron chi connectivity index (χ2n) is 4.17. The number of nitro groups is 1. The zero-order valence-electron chi connectivity index (χ0n) is 11.3. The Morgan fingerprint density at radius 3 is 2.52 bits per heavy atom. The summed E-state index contributed by atoms with van der Waals surface area (Å²) in [6, 6.07) is 7.21. The molecule has 0 saturated carbocycles. The molecule has 1 aromatic heterocycles. The fraction of sp³-hybridized carbons (Fsp3) is 0.231. The molecule has 1 heterocycles. The first-order valence-corrected chi connectivity index (χ1v) is 6.11. The second-order valence-corrected chi connectivity index (χ2v) is 4.17. The fourth-order valence-corrected chi connectivity index (χ4v) is 1.75. The van der Waals surface area contributed by atoms with Gasteiger partial charge < -0.3 is 15.2 Å². The first kappa shape index (κ1) is 14.7. The van der Waals surface area contributed by atoms with Gasteiger partial charge in [-0.15, -0.1) is 0 Å². The van der Waals surface area contributed by atoms with Gasteiger partial charge in [-0.25, -0.2) is 4.98 Å². The number of anilines is 1. The van der Waals surface area contributed by atoms with Crippen LogP contribution in [-0.4, -0.2) is 27.1 Å². The average Bonchev–Trinajstić information content (AvgIpc) is 2.52. The van der Waals surface area contributed by atoms with Gasteiger partial charge in [0.2, 0.25) is 5.82 Å². The van der Waals surface area contributed by atoms with E-state index >= 15 is 0 Å². The van der Waals surface area contributed by atoms with Crippen LogP contribution in [0.1, 0.15) is 11.1 Å². The Morgan fingerprint density at radius 2 is 1.95 bits per heavy atom. The number of hydrogen-bond acceptors (Lipinski definition) is 7. The number of benzene rings is 1. The molecule has 2 N–H and O–H groups in total. The van der Waals surface area contributed by atoms with Crippen LogP contribution in [0.15, 0.2) is 30.6 Å². The van der Waals surface area contributed by atoms with Crippen molar-refractivity contribution in [2.75, 3.05) is 12.4 Å². The number of hydrogen-bond donors (Lipinski definition) is 2. The summed E-state index contributed by atoms with van der Waals surface area (Å²) in [4.78, 5) is 18.1. The summed E-state index contributed by atoms with van der Waals surface area (Å²) < 4.78 is 4.87. The molecule has 0 radical (unpaired) electrons. The Kier molecular flexibility index (Phi) is 4.62. The normalized spacial score (nSPS) is 10.2. The number of ether oxygens (including phenoxy) is 1. The van der Waals surface area contributed by atoms with Crippen molar-refractivity contribution in [3.63, 3.8) is 0 Å². The maximum absolute atomic E-state index is 11.1. The number of nitrogens with zero attached hydrogens (tertiary/aromatic N) is 3. The number of nitrogens with one attached hydrogen (secondary N) is 1. The van der Waals surface area contributed by atoms with Crippen LogP contribution in [0.2, 0.25) is 0 Å². The standard InChI is InChI=1S/C13H14N4O4/c1-21-13-11(17(19)20)12(15-8-16-13)14-6-9-2-4-10(7-18)5-3-9/h2-5,8,18H,6-7H2,1H3,(H,14,15,16). The smallest absolute Gasteiger partial charge is 0.372 e. The maximum atomic E-state index is 11.1. The molecule has 8 heteroatoms. The van der Waals surface area contributed by atoms with Gasteiger partial charge in [-0.3, -0.25) is 10.1 Å². The van der Waals surface area contributed by atoms with Gasteiger partial charge in [-0.1, -0.05) is 24.3 Å². The lowest BCUT2D eigenvalue weighted by Crippen LogP contribution is -2.07. The van der Waals surface area contributed by atoms with Crippen molar-refractivity contribution in [1.82, 2.24) is 9.97 Å². The quantitative estimate of drug-likeness (QED) is 0.612. The minimum Gasteiger partial charge on any atom is -0.476 e. The summed E-state index contributed by atoms with van der Waals surface area (Å²) in [5.74, 6) is 0.00575. The summed E-state index contributed by atoms with van der Waals surface area (Å²) in [6.45, 7) is 0.328. The molecule has 0 amide bonds. The lowest BCUT2D eigenvalue weighted by atomic mass is 10.1. The van der Waals surface area contributed by atoms with Crippen molar-refractivity contribution in [3.8, 4) is 5.88 Å². The first-order valence-electron chi connectivity index (χ1n) is 6.11. The summed E-state index contributed by atoms with van der Waals surface area (Å²) in [7, 11) is 1.31. The van der Waals surface area contributed by atoms with Gasteiger partial charge in [-0.2, -0.15) is 4.98 Å². The van der Waals surface area contributed by atoms with Gasteiger partial charge in [0.25, 0.3) is 5.88 Å². The van der Waals surface area contributed by atoms with Crippen molar-refractivity contribution >= 4 is 11.5 Å². The number of rotatable bonds is 6. The van der Waals surface area contributed by atoms with Crippen LogP contribution in [0, 0.1) is 10.1 Å². The Labute approximate surface area is 120 Å². The molecule has 110 valence electrons. The predicted molar refractivity (Wildman–Crippen MR) is 74.9 cm³/mol. The van der Waals surface area contributed by atoms with Gasteiger partial charge in [0.1, 0.15) is 6.33 Å². The predicted octanol–water partition coefficient (Wildman–Crippen LogP) is 1.50. The highest BCUT2D eigenvalue weighted by Gasteiger charge is 2.23. The number of aromatic nitrogens is 2. The van der Waals surface area contributed by atoms with Crippen LogP contribution in [0.3, 0.4) is 0 Å². The van der Waals surface area contributed by atoms with Crippen LogP contribution in [0.4, 0.5) is 11.5 Å². The van der Waals surface area contributed by atoms with Gasteiger partial charge >= 0.3 is 5.69 Å². The maximum Gasteiger partial charge on any atom is 0.372 e. The molecular weight excluding hydrogens is 276 g/mol. The zero-order valence-corrected chi connectivity index (χ0v) is 11.3. The molecule has 0 spiro atoms. The molecule has 1 aromatic carbocycles. The lowest BCUT2D eigenvalue weighted by Gasteiger charge is -2.08. The molecule has 0 aliphatic rings. The van der Waals surface area contributed by atoms with E-state index in [0.29, 0.717) is 6.54 Å². The minimum atomic E-state index is -0.587. The molecular formula is C13H14N4O4. The highest BCUT2D eigenvalue weighted by molar-refractivity contribution is 5.61. The van der Waals surface area contributed by atoms with E-state index in [1.807, 2.05) is 12.1 Å². The van der Waals surface area contributed by atoms with Crippen LogP contribution in [0.5, 0.6) is 5.88 Å². The molecule has 0 atom stereocenters. The van der Waals surface area contributed by atoms with Crippen molar-refractivity contribution in [2.24, 2.45) is 0 Å². The molecule has 8 nitrogen and oxygen atoms in total. The van der Waals surface area contributed by atoms with E-state index in [9.17, 15) is 10.1 Å². The van der Waals surface area contributed by atoms with E-state index in [4.69, 9.17) is 9.84 Å². The van der Waals surface area contributed by atoms with Gasteiger partial charge in [-0.05, 0) is 11.1 Å². The molecule has 2 rings (SSSR count). The Bertz CT molecular complexity index is 631. The first-order chi connectivity index (χ1) is 10.2. The highest BCUT2D eigenvalue weighted by atomic mass is 16.6. The molecule has 0 fully saturated rings.